The zero-order valence-corrected chi connectivity index (χ0v) is 18.4. The van der Waals surface area contributed by atoms with Gasteiger partial charge in [0.1, 0.15) is 0 Å². The molecule has 0 radical (unpaired) electrons. The van der Waals surface area contributed by atoms with Crippen LogP contribution in [0.5, 0.6) is 0 Å². The van der Waals surface area contributed by atoms with Crippen molar-refractivity contribution in [3.05, 3.63) is 0 Å². The summed E-state index contributed by atoms with van der Waals surface area (Å²) in [5, 5.41) is 6.84. The molecule has 7 nitrogen and oxygen atoms in total. The van der Waals surface area contributed by atoms with Crippen molar-refractivity contribution >= 4 is 17.8 Å². The maximum Gasteiger partial charge on any atom is 0.305 e. The number of ether oxygens (including phenoxy) is 1. The number of hydrogen-bond acceptors (Lipinski definition) is 4. The molecular formula is C22H40N4O3. The van der Waals surface area contributed by atoms with Crippen molar-refractivity contribution in [2.75, 3.05) is 33.3 Å². The second kappa shape index (κ2) is 13.4. The van der Waals surface area contributed by atoms with Crippen molar-refractivity contribution in [1.82, 2.24) is 15.5 Å². The molecule has 1 heterocycles. The number of rotatable bonds is 10. The second-order valence-electron chi connectivity index (χ2n) is 8.22. The van der Waals surface area contributed by atoms with Crippen LogP contribution in [0.1, 0.15) is 77.6 Å². The van der Waals surface area contributed by atoms with Crippen LogP contribution in [0, 0.1) is 5.92 Å². The van der Waals surface area contributed by atoms with Crippen LogP contribution in [-0.2, 0) is 14.3 Å². The van der Waals surface area contributed by atoms with Gasteiger partial charge in [0.15, 0.2) is 5.96 Å². The van der Waals surface area contributed by atoms with Gasteiger partial charge in [0.2, 0.25) is 5.91 Å². The topological polar surface area (TPSA) is 83.0 Å². The van der Waals surface area contributed by atoms with E-state index in [0.29, 0.717) is 18.9 Å². The van der Waals surface area contributed by atoms with E-state index in [1.165, 1.54) is 19.3 Å². The minimum absolute atomic E-state index is 0.0946. The molecule has 1 atom stereocenters. The molecule has 1 amide bonds. The first-order valence-electron chi connectivity index (χ1n) is 11.6. The van der Waals surface area contributed by atoms with E-state index >= 15 is 0 Å². The van der Waals surface area contributed by atoms with Gasteiger partial charge in [-0.3, -0.25) is 14.6 Å². The minimum Gasteiger partial charge on any atom is -0.466 e. The molecule has 1 unspecified atom stereocenters. The number of nitrogens with zero attached hydrogens (tertiary/aromatic N) is 2. The molecule has 2 fully saturated rings. The number of guanidine groups is 1. The van der Waals surface area contributed by atoms with Gasteiger partial charge in [-0.1, -0.05) is 32.1 Å². The molecule has 0 spiro atoms. The van der Waals surface area contributed by atoms with Crippen LogP contribution in [0.25, 0.3) is 0 Å². The highest BCUT2D eigenvalue weighted by molar-refractivity contribution is 5.81. The van der Waals surface area contributed by atoms with Crippen LogP contribution in [0.3, 0.4) is 0 Å². The van der Waals surface area contributed by atoms with Crippen LogP contribution in [0.4, 0.5) is 0 Å². The lowest BCUT2D eigenvalue weighted by Gasteiger charge is -2.26. The van der Waals surface area contributed by atoms with E-state index in [9.17, 15) is 9.59 Å². The summed E-state index contributed by atoms with van der Waals surface area (Å²) in [5.74, 6) is 1.33. The van der Waals surface area contributed by atoms with Gasteiger partial charge in [0, 0.05) is 45.1 Å². The predicted octanol–water partition coefficient (Wildman–Crippen LogP) is 2.85. The summed E-state index contributed by atoms with van der Waals surface area (Å²) in [5.41, 5.74) is 0. The molecule has 1 aliphatic heterocycles. The monoisotopic (exact) mass is 408 g/mol. The predicted molar refractivity (Wildman–Crippen MR) is 116 cm³/mol. The van der Waals surface area contributed by atoms with Crippen molar-refractivity contribution in [2.45, 2.75) is 83.6 Å². The molecule has 29 heavy (non-hydrogen) atoms. The molecule has 166 valence electrons. The Morgan fingerprint density at radius 3 is 2.55 bits per heavy atom. The molecule has 2 N–H and O–H groups in total. The second-order valence-corrected chi connectivity index (χ2v) is 8.22. The normalized spacial score (nSPS) is 20.6. The average Bonchev–Trinajstić information content (AvgIpc) is 3.21. The molecule has 0 aromatic rings. The van der Waals surface area contributed by atoms with Gasteiger partial charge in [-0.25, -0.2) is 0 Å². The fourth-order valence-electron chi connectivity index (χ4n) is 4.26. The molecule has 2 rings (SSSR count). The quantitative estimate of drug-likeness (QED) is 0.251. The fraction of sp³-hybridized carbons (Fsp3) is 0.864. The van der Waals surface area contributed by atoms with Crippen molar-refractivity contribution < 1.29 is 14.3 Å². The van der Waals surface area contributed by atoms with Gasteiger partial charge in [-0.15, -0.1) is 0 Å². The minimum atomic E-state index is -0.0946. The van der Waals surface area contributed by atoms with E-state index in [1.54, 1.807) is 7.05 Å². The molecule has 0 bridgehead atoms. The first kappa shape index (κ1) is 23.5. The maximum absolute atomic E-state index is 12.7. The van der Waals surface area contributed by atoms with Gasteiger partial charge in [0.05, 0.1) is 6.61 Å². The molecule has 7 heteroatoms. The summed E-state index contributed by atoms with van der Waals surface area (Å²) < 4.78 is 4.94. The van der Waals surface area contributed by atoms with Crippen molar-refractivity contribution in [2.24, 2.45) is 10.9 Å². The Labute approximate surface area is 176 Å². The van der Waals surface area contributed by atoms with Crippen molar-refractivity contribution in [3.63, 3.8) is 0 Å². The van der Waals surface area contributed by atoms with E-state index in [0.717, 1.165) is 70.5 Å². The smallest absolute Gasteiger partial charge is 0.305 e. The standard InChI is InChI=1S/C22H40N4O3/c1-3-29-20(27)13-9-4-5-10-15-24-22(23-2)25-19-14-16-26(17-19)21(28)18-11-7-6-8-12-18/h18-19H,3-17H2,1-2H3,(H2,23,24,25). The van der Waals surface area contributed by atoms with Crippen LogP contribution in [-0.4, -0.2) is 62.1 Å². The third-order valence-electron chi connectivity index (χ3n) is 5.92. The summed E-state index contributed by atoms with van der Waals surface area (Å²) >= 11 is 0. The molecule has 0 aromatic heterocycles. The number of carbonyl (C=O) groups is 2. The highest BCUT2D eigenvalue weighted by Crippen LogP contribution is 2.26. The number of aliphatic imine (C=N–C) groups is 1. The lowest BCUT2D eigenvalue weighted by atomic mass is 9.88. The summed E-state index contributed by atoms with van der Waals surface area (Å²) in [4.78, 5) is 30.4. The molecule has 2 aliphatic rings. The maximum atomic E-state index is 12.7. The lowest BCUT2D eigenvalue weighted by molar-refractivity contribution is -0.143. The van der Waals surface area contributed by atoms with E-state index in [-0.39, 0.29) is 17.9 Å². The number of nitrogens with one attached hydrogen (secondary N) is 2. The molecule has 1 saturated heterocycles. The highest BCUT2D eigenvalue weighted by atomic mass is 16.5. The van der Waals surface area contributed by atoms with Crippen molar-refractivity contribution in [1.29, 1.82) is 0 Å². The Hall–Kier alpha value is -1.79. The number of hydrogen-bond donors (Lipinski definition) is 2. The summed E-state index contributed by atoms with van der Waals surface area (Å²) in [7, 11) is 1.79. The first-order chi connectivity index (χ1) is 14.1. The van der Waals surface area contributed by atoms with Crippen LogP contribution < -0.4 is 10.6 Å². The Balaban J connectivity index is 1.56. The van der Waals surface area contributed by atoms with E-state index < -0.39 is 0 Å². The van der Waals surface area contributed by atoms with Crippen LogP contribution in [0.15, 0.2) is 4.99 Å². The third kappa shape index (κ3) is 8.62. The summed E-state index contributed by atoms with van der Waals surface area (Å²) in [6, 6.07) is 0.276. The van der Waals surface area contributed by atoms with E-state index in [4.69, 9.17) is 4.74 Å². The Kier molecular flexibility index (Phi) is 10.9. The van der Waals surface area contributed by atoms with Gasteiger partial charge < -0.3 is 20.3 Å². The molecule has 1 saturated carbocycles. The summed E-state index contributed by atoms with van der Waals surface area (Å²) in [6.45, 7) is 4.79. The number of likely N-dealkylation sites (tertiary alicyclic amines) is 1. The van der Waals surface area contributed by atoms with Gasteiger partial charge in [0.25, 0.3) is 0 Å². The average molecular weight is 409 g/mol. The summed E-state index contributed by atoms with van der Waals surface area (Å²) in [6.07, 6.45) is 11.4. The zero-order chi connectivity index (χ0) is 20.9. The van der Waals surface area contributed by atoms with Crippen molar-refractivity contribution in [3.8, 4) is 0 Å². The Bertz CT molecular complexity index is 532. The van der Waals surface area contributed by atoms with Crippen LogP contribution >= 0.6 is 0 Å². The van der Waals surface area contributed by atoms with E-state index in [1.807, 2.05) is 11.8 Å². The van der Waals surface area contributed by atoms with Gasteiger partial charge in [-0.2, -0.15) is 0 Å². The Morgan fingerprint density at radius 2 is 1.83 bits per heavy atom. The SMILES string of the molecule is CCOC(=O)CCCCCCNC(=NC)NC1CCN(C(=O)C2CCCCC2)C1. The number of unbranched alkanes of at least 4 members (excludes halogenated alkanes) is 3. The molecule has 0 aromatic carbocycles. The fourth-order valence-corrected chi connectivity index (χ4v) is 4.26. The van der Waals surface area contributed by atoms with Crippen LogP contribution in [0.2, 0.25) is 0 Å². The number of esters is 1. The zero-order valence-electron chi connectivity index (χ0n) is 18.4. The number of carbonyl (C=O) groups excluding carboxylic acids is 2. The van der Waals surface area contributed by atoms with Gasteiger partial charge >= 0.3 is 5.97 Å². The molecular weight excluding hydrogens is 368 g/mol. The third-order valence-corrected chi connectivity index (χ3v) is 5.92. The lowest BCUT2D eigenvalue weighted by Crippen LogP contribution is -2.45. The number of amides is 1. The Morgan fingerprint density at radius 1 is 1.07 bits per heavy atom. The van der Waals surface area contributed by atoms with Gasteiger partial charge in [-0.05, 0) is 39.0 Å². The molecule has 1 aliphatic carbocycles. The first-order valence-corrected chi connectivity index (χ1v) is 11.6. The highest BCUT2D eigenvalue weighted by Gasteiger charge is 2.31. The largest absolute Gasteiger partial charge is 0.466 e. The van der Waals surface area contributed by atoms with E-state index in [2.05, 4.69) is 15.6 Å².